The summed E-state index contributed by atoms with van der Waals surface area (Å²) in [5, 5.41) is 14.4. The van der Waals surface area contributed by atoms with E-state index >= 15 is 0 Å². The van der Waals surface area contributed by atoms with E-state index in [1.807, 2.05) is 0 Å². The summed E-state index contributed by atoms with van der Waals surface area (Å²) in [7, 11) is -3.07. The van der Waals surface area contributed by atoms with Gasteiger partial charge in [0.1, 0.15) is 15.7 Å². The predicted molar refractivity (Wildman–Crippen MR) is 81.2 cm³/mol. The lowest BCUT2D eigenvalue weighted by atomic mass is 10.2. The zero-order valence-electron chi connectivity index (χ0n) is 11.6. The van der Waals surface area contributed by atoms with Gasteiger partial charge in [-0.1, -0.05) is 0 Å². The van der Waals surface area contributed by atoms with E-state index < -0.39 is 14.8 Å². The van der Waals surface area contributed by atoms with E-state index in [1.165, 1.54) is 18.4 Å². The highest BCUT2D eigenvalue weighted by Crippen LogP contribution is 2.21. The van der Waals surface area contributed by atoms with E-state index in [0.717, 1.165) is 0 Å². The fourth-order valence-corrected chi connectivity index (χ4v) is 3.05. The Morgan fingerprint density at radius 2 is 2.05 bits per heavy atom. The number of hydrogen-bond donors (Lipinski definition) is 1. The van der Waals surface area contributed by atoms with E-state index in [0.29, 0.717) is 16.7 Å². The molecule has 21 heavy (non-hydrogen) atoms. The normalized spacial score (nSPS) is 13.0. The van der Waals surface area contributed by atoms with E-state index in [1.54, 1.807) is 25.1 Å². The van der Waals surface area contributed by atoms with Gasteiger partial charge in [-0.15, -0.1) is 0 Å². The zero-order chi connectivity index (χ0) is 15.6. The van der Waals surface area contributed by atoms with Crippen LogP contribution < -0.4 is 5.32 Å². The number of nitrogens with zero attached hydrogens (tertiary/aromatic N) is 2. The van der Waals surface area contributed by atoms with Crippen molar-refractivity contribution >= 4 is 32.2 Å². The SMILES string of the molecule is CC(CS(C)(=O)=O)Nc1ccc2cc([N+](=O)[O-])ccc2n1. The molecular weight excluding hydrogens is 294 g/mol. The van der Waals surface area contributed by atoms with Gasteiger partial charge in [0, 0.05) is 29.8 Å². The number of benzene rings is 1. The number of anilines is 1. The smallest absolute Gasteiger partial charge is 0.270 e. The molecule has 1 aromatic carbocycles. The molecule has 1 aromatic heterocycles. The Labute approximate surface area is 122 Å². The second-order valence-electron chi connectivity index (χ2n) is 4.97. The first kappa shape index (κ1) is 15.2. The standard InChI is InChI=1S/C13H15N3O4S/c1-9(8-21(2,19)20)14-13-6-3-10-7-11(16(17)18)4-5-12(10)15-13/h3-7,9H,8H2,1-2H3,(H,14,15). The molecule has 2 rings (SSSR count). The number of nitro groups is 1. The zero-order valence-corrected chi connectivity index (χ0v) is 12.4. The van der Waals surface area contributed by atoms with Crippen molar-refractivity contribution in [2.45, 2.75) is 13.0 Å². The van der Waals surface area contributed by atoms with Crippen LogP contribution in [0.5, 0.6) is 0 Å². The average Bonchev–Trinajstić information content (AvgIpc) is 2.35. The summed E-state index contributed by atoms with van der Waals surface area (Å²) in [5.74, 6) is 0.542. The van der Waals surface area contributed by atoms with Gasteiger partial charge in [0.25, 0.3) is 5.69 Å². The third-order valence-electron chi connectivity index (χ3n) is 2.83. The molecule has 0 bridgehead atoms. The van der Waals surface area contributed by atoms with Gasteiger partial charge in [-0.05, 0) is 25.1 Å². The minimum Gasteiger partial charge on any atom is -0.367 e. The Kier molecular flexibility index (Phi) is 4.08. The van der Waals surface area contributed by atoms with Crippen molar-refractivity contribution in [2.24, 2.45) is 0 Å². The topological polar surface area (TPSA) is 102 Å². The van der Waals surface area contributed by atoms with Crippen LogP contribution in [0.2, 0.25) is 0 Å². The Morgan fingerprint density at radius 1 is 1.33 bits per heavy atom. The Hall–Kier alpha value is -2.22. The number of nitro benzene ring substituents is 1. The van der Waals surface area contributed by atoms with Gasteiger partial charge in [0.2, 0.25) is 0 Å². The molecule has 112 valence electrons. The molecule has 0 fully saturated rings. The van der Waals surface area contributed by atoms with Gasteiger partial charge in [0.05, 0.1) is 16.2 Å². The van der Waals surface area contributed by atoms with Crippen LogP contribution in [0.1, 0.15) is 6.92 Å². The third kappa shape index (κ3) is 4.12. The van der Waals surface area contributed by atoms with Gasteiger partial charge in [-0.2, -0.15) is 0 Å². The van der Waals surface area contributed by atoms with Crippen LogP contribution in [0.25, 0.3) is 10.9 Å². The Bertz CT molecular complexity index is 789. The number of rotatable bonds is 5. The lowest BCUT2D eigenvalue weighted by Crippen LogP contribution is -2.25. The molecule has 0 aliphatic heterocycles. The van der Waals surface area contributed by atoms with Crippen molar-refractivity contribution in [3.8, 4) is 0 Å². The maximum atomic E-state index is 11.2. The fourth-order valence-electron chi connectivity index (χ4n) is 2.06. The van der Waals surface area contributed by atoms with Crippen molar-refractivity contribution < 1.29 is 13.3 Å². The first-order chi connectivity index (χ1) is 9.74. The van der Waals surface area contributed by atoms with Crippen LogP contribution in [-0.4, -0.2) is 36.4 Å². The summed E-state index contributed by atoms with van der Waals surface area (Å²) in [5.41, 5.74) is 0.618. The maximum absolute atomic E-state index is 11.2. The first-order valence-electron chi connectivity index (χ1n) is 6.24. The van der Waals surface area contributed by atoms with Gasteiger partial charge < -0.3 is 5.32 Å². The van der Waals surface area contributed by atoms with Crippen molar-refractivity contribution in [1.29, 1.82) is 0 Å². The number of sulfone groups is 1. The minimum atomic E-state index is -3.07. The molecule has 0 aliphatic rings. The molecule has 0 saturated heterocycles. The number of non-ortho nitro benzene ring substituents is 1. The van der Waals surface area contributed by atoms with Crippen molar-refractivity contribution in [3.63, 3.8) is 0 Å². The molecule has 8 heteroatoms. The molecule has 2 aromatic rings. The molecule has 0 amide bonds. The maximum Gasteiger partial charge on any atom is 0.270 e. The summed E-state index contributed by atoms with van der Waals surface area (Å²) in [6.07, 6.45) is 1.18. The van der Waals surface area contributed by atoms with E-state index in [2.05, 4.69) is 10.3 Å². The first-order valence-corrected chi connectivity index (χ1v) is 8.30. The molecule has 7 nitrogen and oxygen atoms in total. The second kappa shape index (κ2) is 5.65. The molecule has 1 heterocycles. The van der Waals surface area contributed by atoms with Crippen molar-refractivity contribution in [3.05, 3.63) is 40.4 Å². The lowest BCUT2D eigenvalue weighted by molar-refractivity contribution is -0.384. The van der Waals surface area contributed by atoms with E-state index in [4.69, 9.17) is 0 Å². The molecule has 0 spiro atoms. The molecule has 0 saturated carbocycles. The molecule has 1 N–H and O–H groups in total. The number of pyridine rings is 1. The molecule has 0 aliphatic carbocycles. The minimum absolute atomic E-state index is 0.00692. The highest BCUT2D eigenvalue weighted by Gasteiger charge is 2.12. The van der Waals surface area contributed by atoms with Crippen LogP contribution in [0.4, 0.5) is 11.5 Å². The molecule has 0 radical (unpaired) electrons. The summed E-state index contributed by atoms with van der Waals surface area (Å²) in [6.45, 7) is 1.75. The van der Waals surface area contributed by atoms with Crippen LogP contribution >= 0.6 is 0 Å². The highest BCUT2D eigenvalue weighted by atomic mass is 32.2. The van der Waals surface area contributed by atoms with Crippen molar-refractivity contribution in [2.75, 3.05) is 17.3 Å². The van der Waals surface area contributed by atoms with Crippen molar-refractivity contribution in [1.82, 2.24) is 4.98 Å². The number of nitrogens with one attached hydrogen (secondary N) is 1. The summed E-state index contributed by atoms with van der Waals surface area (Å²) < 4.78 is 22.4. The third-order valence-corrected chi connectivity index (χ3v) is 3.94. The summed E-state index contributed by atoms with van der Waals surface area (Å²) in [6, 6.07) is 7.52. The predicted octanol–water partition coefficient (Wildman–Crippen LogP) is 1.99. The average molecular weight is 309 g/mol. The number of aromatic nitrogens is 1. The highest BCUT2D eigenvalue weighted by molar-refractivity contribution is 7.90. The Balaban J connectivity index is 2.23. The fraction of sp³-hybridized carbons (Fsp3) is 0.308. The number of hydrogen-bond acceptors (Lipinski definition) is 6. The van der Waals surface area contributed by atoms with Gasteiger partial charge in [-0.25, -0.2) is 13.4 Å². The van der Waals surface area contributed by atoms with Gasteiger partial charge >= 0.3 is 0 Å². The van der Waals surface area contributed by atoms with Crippen LogP contribution in [-0.2, 0) is 9.84 Å². The Morgan fingerprint density at radius 3 is 2.67 bits per heavy atom. The summed E-state index contributed by atoms with van der Waals surface area (Å²) >= 11 is 0. The molecular formula is C13H15N3O4S. The summed E-state index contributed by atoms with van der Waals surface area (Å²) in [4.78, 5) is 14.6. The van der Waals surface area contributed by atoms with Gasteiger partial charge in [0.15, 0.2) is 0 Å². The van der Waals surface area contributed by atoms with Crippen LogP contribution in [0.3, 0.4) is 0 Å². The van der Waals surface area contributed by atoms with Crippen LogP contribution in [0, 0.1) is 10.1 Å². The van der Waals surface area contributed by atoms with Crippen LogP contribution in [0.15, 0.2) is 30.3 Å². The number of fused-ring (bicyclic) bond motifs is 1. The van der Waals surface area contributed by atoms with E-state index in [9.17, 15) is 18.5 Å². The van der Waals surface area contributed by atoms with E-state index in [-0.39, 0.29) is 17.5 Å². The largest absolute Gasteiger partial charge is 0.367 e. The monoisotopic (exact) mass is 309 g/mol. The van der Waals surface area contributed by atoms with Gasteiger partial charge in [-0.3, -0.25) is 10.1 Å². The second-order valence-corrected chi connectivity index (χ2v) is 7.15. The lowest BCUT2D eigenvalue weighted by Gasteiger charge is -2.13. The molecule has 1 unspecified atom stereocenters. The molecule has 1 atom stereocenters. The quantitative estimate of drug-likeness (QED) is 0.669.